The number of benzene rings is 5. The summed E-state index contributed by atoms with van der Waals surface area (Å²) in [6.45, 7) is 19.1. The van der Waals surface area contributed by atoms with Gasteiger partial charge >= 0.3 is 0 Å². The van der Waals surface area contributed by atoms with E-state index in [1.165, 1.54) is 20.1 Å². The topological polar surface area (TPSA) is 616 Å². The predicted molar refractivity (Wildman–Crippen MR) is 542 cm³/mol. The quantitative estimate of drug-likeness (QED) is 0.0941. The second-order valence-electron chi connectivity index (χ2n) is 35.4. The van der Waals surface area contributed by atoms with Gasteiger partial charge in [-0.3, -0.25) is 23.4 Å². The van der Waals surface area contributed by atoms with Crippen LogP contribution in [0.4, 0.5) is 29.1 Å². The second kappa shape index (κ2) is 41.0. The first-order valence-corrected chi connectivity index (χ1v) is 50.6. The molecule has 41 nitrogen and oxygen atoms in total. The summed E-state index contributed by atoms with van der Waals surface area (Å²) in [5.41, 5.74) is 50.1. The number of nitrogen functional groups attached to an aromatic ring is 5. The zero-order valence-electron chi connectivity index (χ0n) is 81.9. The van der Waals surface area contributed by atoms with E-state index in [1.54, 1.807) is 131 Å². The molecule has 5 aliphatic heterocycles. The standard InChI is InChI=1S/2C21H20N6O.2C20H20N6O3S.C20H18N6O3S/c2*1-12-7-8-14-5-4-6-16-20(18(11-22)27(3)26-16)17-10-19(21(23)25-24-17)28-13(2)15(14)9-12;1-11-4-5-13-9-30(27,28)10-16-19(17(8-21)26(3)25-16)15-7-18(20(22)24-23-15)29-12(2)14(13)6-11;2*1-11-4-5-18-13(8-11)12(2)29-17-9-15(23-24-20(17)22)19-14(6-7-30(18,27)28)25-26(3)16(19)10-21/h4,6-10,13H,5H2,1-3H3,(H2,23,25);4-5,7-10,13H,6H2,1-3H3,(H2,23,25);4-7,12H,9-10H2,1-3H3,(H2,22,24);4-5,8-9,12H,6-7H2,1-3H3,(H2,22,24);4-9,12H,1-3H3,(H2,22,24)/b6-4+;5-4-;;;7-6+/t2*13-;3*12-/m11111/s1. The van der Waals surface area contributed by atoms with Crippen LogP contribution in [0.25, 0.3) is 74.5 Å². The molecule has 15 heterocycles. The fourth-order valence-corrected chi connectivity index (χ4v) is 21.8. The van der Waals surface area contributed by atoms with E-state index in [1.807, 2.05) is 71.9 Å². The molecule has 44 heteroatoms. The third-order valence-corrected chi connectivity index (χ3v) is 29.5. The molecule has 10 bridgehead atoms. The minimum absolute atomic E-state index is 0.0548. The van der Waals surface area contributed by atoms with E-state index in [4.69, 9.17) is 52.4 Å². The van der Waals surface area contributed by atoms with Crippen molar-refractivity contribution >= 4 is 76.8 Å². The Morgan fingerprint density at radius 1 is 0.336 bits per heavy atom. The van der Waals surface area contributed by atoms with Crippen LogP contribution in [0.1, 0.15) is 194 Å². The summed E-state index contributed by atoms with van der Waals surface area (Å²) in [5.74, 6) is 1.66. The molecule has 10 aromatic heterocycles. The predicted octanol–water partition coefficient (Wildman–Crippen LogP) is 13.6. The Kier molecular flexibility index (Phi) is 28.3. The monoisotopic (exact) mass is 2010 g/mol. The number of ether oxygens (including phenoxy) is 5. The Hall–Kier alpha value is -17.9. The van der Waals surface area contributed by atoms with Crippen LogP contribution in [0.3, 0.4) is 0 Å². The van der Waals surface area contributed by atoms with Gasteiger partial charge in [-0.25, -0.2) is 25.3 Å². The number of rotatable bonds is 0. The molecule has 0 unspecified atom stereocenters. The summed E-state index contributed by atoms with van der Waals surface area (Å²) in [5, 5.41) is 112. The number of nitriles is 5. The maximum Gasteiger partial charge on any atom is 0.200 e. The number of anilines is 5. The number of sulfone groups is 3. The van der Waals surface area contributed by atoms with Gasteiger partial charge in [0, 0.05) is 94.9 Å². The highest BCUT2D eigenvalue weighted by Crippen LogP contribution is 2.44. The maximum absolute atomic E-state index is 13.2. The molecule has 0 aliphatic carbocycles. The van der Waals surface area contributed by atoms with Crippen molar-refractivity contribution in [3.8, 4) is 115 Å². The number of aryl methyl sites for hydroxylation is 11. The Labute approximate surface area is 840 Å². The van der Waals surface area contributed by atoms with Crippen molar-refractivity contribution in [1.29, 1.82) is 26.3 Å². The molecule has 146 heavy (non-hydrogen) atoms. The lowest BCUT2D eigenvalue weighted by Crippen LogP contribution is -2.16. The van der Waals surface area contributed by atoms with E-state index in [0.717, 1.165) is 73.2 Å². The first-order chi connectivity index (χ1) is 69.5. The maximum atomic E-state index is 13.2. The van der Waals surface area contributed by atoms with Crippen LogP contribution in [0.2, 0.25) is 0 Å². The van der Waals surface area contributed by atoms with Gasteiger partial charge in [-0.05, 0) is 133 Å². The van der Waals surface area contributed by atoms with Crippen LogP contribution >= 0.6 is 0 Å². The van der Waals surface area contributed by atoms with Gasteiger partial charge in [0.2, 0.25) is 0 Å². The summed E-state index contributed by atoms with van der Waals surface area (Å²) in [6.07, 6.45) is 8.67. The summed E-state index contributed by atoms with van der Waals surface area (Å²) in [4.78, 5) is 0.330. The zero-order valence-corrected chi connectivity index (χ0v) is 84.4. The number of hydrogen-bond donors (Lipinski definition) is 5. The average molecular weight is 2020 g/mol. The van der Waals surface area contributed by atoms with Crippen LogP contribution in [0.15, 0.2) is 149 Å². The summed E-state index contributed by atoms with van der Waals surface area (Å²) in [7, 11) is -2.78. The van der Waals surface area contributed by atoms with Crippen molar-refractivity contribution in [2.75, 3.05) is 34.4 Å². The Morgan fingerprint density at radius 3 is 1.10 bits per heavy atom. The van der Waals surface area contributed by atoms with Crippen LogP contribution < -0.4 is 52.4 Å². The van der Waals surface area contributed by atoms with Gasteiger partial charge in [0.15, 0.2) is 87.3 Å². The number of nitrogens with zero attached hydrogens (tertiary/aromatic N) is 25. The second-order valence-corrected chi connectivity index (χ2v) is 41.3. The van der Waals surface area contributed by atoms with Gasteiger partial charge in [-0.1, -0.05) is 125 Å². The van der Waals surface area contributed by atoms with Crippen LogP contribution in [0.5, 0.6) is 28.7 Å². The molecule has 5 aliphatic rings. The molecule has 0 radical (unpaired) electrons. The SMILES string of the molecule is Cc1ccc2c(c1)[C@@H](C)Oc1cc(nnc1N)-c1c(nn(C)c1C#N)/C=C/C2.Cc1ccc2c(c1)[C@@H](C)Oc1cc(nnc1N)-c1c(nn(C)c1C#N)/C=C/S2(=O)=O.Cc1ccc2c(c1)[C@@H](C)Oc1cc(nnc1N)-c1c(nn(C)c1C#N)C/C=C\2.Cc1ccc2c(c1)[C@@H](C)Oc1cc(nnc1N)-c1c(nn(C)c1C#N)CCS2(=O)=O.Cc1ccc2c(c1)[C@@H](C)Oc1cc(nnc1N)-c1c(nn(C)c1C#N)CS(=O)(=O)C2. The smallest absolute Gasteiger partial charge is 0.200 e. The molecular formula is C102H98N30O11S3. The zero-order chi connectivity index (χ0) is 105. The van der Waals surface area contributed by atoms with Crippen LogP contribution in [-0.4, -0.2) is 131 Å². The Balaban J connectivity index is 0.000000131. The molecule has 5 atom stereocenters. The molecule has 20 rings (SSSR count). The van der Waals surface area contributed by atoms with Crippen molar-refractivity contribution in [3.05, 3.63) is 268 Å². The highest BCUT2D eigenvalue weighted by molar-refractivity contribution is 7.94. The lowest BCUT2D eigenvalue weighted by Gasteiger charge is -2.21. The molecule has 0 fully saturated rings. The molecule has 0 amide bonds. The van der Waals surface area contributed by atoms with Crippen molar-refractivity contribution in [2.45, 2.75) is 140 Å². The number of allylic oxidation sites excluding steroid dienone is 2. The van der Waals surface area contributed by atoms with Gasteiger partial charge < -0.3 is 52.4 Å². The van der Waals surface area contributed by atoms with Crippen molar-refractivity contribution in [1.82, 2.24) is 99.9 Å². The lowest BCUT2D eigenvalue weighted by atomic mass is 9.97. The molecule has 10 N–H and O–H groups in total. The first-order valence-electron chi connectivity index (χ1n) is 45.6. The van der Waals surface area contributed by atoms with Crippen molar-refractivity contribution < 1.29 is 48.9 Å². The van der Waals surface area contributed by atoms with E-state index in [2.05, 4.69) is 163 Å². The van der Waals surface area contributed by atoms with E-state index in [0.29, 0.717) is 114 Å². The molecule has 15 aromatic rings. The minimum Gasteiger partial charge on any atom is -0.482 e. The van der Waals surface area contributed by atoms with Crippen molar-refractivity contribution in [3.63, 3.8) is 0 Å². The van der Waals surface area contributed by atoms with E-state index in [-0.39, 0.29) is 120 Å². The molecule has 0 spiro atoms. The number of hydrogen-bond acceptors (Lipinski definition) is 36. The fourth-order valence-electron chi connectivity index (χ4n) is 17.6. The first kappa shape index (κ1) is 101. The minimum atomic E-state index is -3.82. The third-order valence-electron chi connectivity index (χ3n) is 24.7. The van der Waals surface area contributed by atoms with Gasteiger partial charge in [-0.15, -0.1) is 51.0 Å². The largest absolute Gasteiger partial charge is 0.482 e. The molecule has 5 aromatic carbocycles. The molecule has 0 saturated heterocycles. The van der Waals surface area contributed by atoms with Gasteiger partial charge in [0.05, 0.1) is 83.3 Å². The normalized spacial score (nSPS) is 17.2. The highest BCUT2D eigenvalue weighted by Gasteiger charge is 2.35. The molecule has 740 valence electrons. The summed E-state index contributed by atoms with van der Waals surface area (Å²) >= 11 is 0. The number of nitrogens with two attached hydrogens (primary N) is 5. The van der Waals surface area contributed by atoms with Crippen LogP contribution in [0, 0.1) is 91.3 Å². The number of fused-ring (bicyclic) bond motifs is 25. The Morgan fingerprint density at radius 2 is 0.658 bits per heavy atom. The van der Waals surface area contributed by atoms with Crippen LogP contribution in [-0.2, 0) is 95.5 Å². The third kappa shape index (κ3) is 20.8. The molecule has 0 saturated carbocycles. The lowest BCUT2D eigenvalue weighted by molar-refractivity contribution is 0.224. The average Bonchev–Trinajstić information content (AvgIpc) is 1.53. The summed E-state index contributed by atoms with van der Waals surface area (Å²) in [6, 6.07) is 47.2. The van der Waals surface area contributed by atoms with Gasteiger partial charge in [-0.2, -0.15) is 51.8 Å². The van der Waals surface area contributed by atoms with Crippen molar-refractivity contribution in [2.24, 2.45) is 35.2 Å². The highest BCUT2D eigenvalue weighted by atomic mass is 32.2. The van der Waals surface area contributed by atoms with Gasteiger partial charge in [0.25, 0.3) is 0 Å². The van der Waals surface area contributed by atoms with E-state index < -0.39 is 47.8 Å². The fraction of sp³-hybridized carbons (Fsp3) is 0.255. The number of aromatic nitrogens is 20. The van der Waals surface area contributed by atoms with E-state index >= 15 is 0 Å². The molecular weight excluding hydrogens is 1920 g/mol. The van der Waals surface area contributed by atoms with E-state index in [9.17, 15) is 51.6 Å². The Bertz CT molecular complexity index is 8510. The van der Waals surface area contributed by atoms with Gasteiger partial charge in [0.1, 0.15) is 118 Å². The summed E-state index contributed by atoms with van der Waals surface area (Å²) < 4.78 is 116.